The van der Waals surface area contributed by atoms with Crippen LogP contribution in [0.25, 0.3) is 0 Å². The molecule has 0 unspecified atom stereocenters. The van der Waals surface area contributed by atoms with Gasteiger partial charge in [0.25, 0.3) is 0 Å². The van der Waals surface area contributed by atoms with Gasteiger partial charge >= 0.3 is 0 Å². The molecule has 2 aliphatic rings. The van der Waals surface area contributed by atoms with E-state index in [-0.39, 0.29) is 17.9 Å². The highest BCUT2D eigenvalue weighted by atomic mass is 16.2. The van der Waals surface area contributed by atoms with E-state index >= 15 is 0 Å². The molecule has 2 fully saturated rings. The number of fused-ring (bicyclic) bond motifs is 1. The van der Waals surface area contributed by atoms with Gasteiger partial charge in [0.1, 0.15) is 0 Å². The van der Waals surface area contributed by atoms with E-state index in [4.69, 9.17) is 5.11 Å². The van der Waals surface area contributed by atoms with Crippen molar-refractivity contribution in [3.63, 3.8) is 0 Å². The van der Waals surface area contributed by atoms with Crippen molar-refractivity contribution in [2.45, 2.75) is 51.1 Å². The van der Waals surface area contributed by atoms with Gasteiger partial charge in [0.15, 0.2) is 0 Å². The van der Waals surface area contributed by atoms with E-state index in [0.29, 0.717) is 18.5 Å². The van der Waals surface area contributed by atoms with Crippen LogP contribution in [-0.4, -0.2) is 32.6 Å². The van der Waals surface area contributed by atoms with Gasteiger partial charge in [-0.15, -0.1) is 5.10 Å². The number of carbonyl (C=O) groups excluding carboxylic acids is 1. The summed E-state index contributed by atoms with van der Waals surface area (Å²) in [6, 6.07) is 10.3. The van der Waals surface area contributed by atoms with Gasteiger partial charge in [-0.25, -0.2) is 4.68 Å². The first kappa shape index (κ1) is 17.2. The number of aliphatic hydroxyl groups excluding tert-OH is 1. The molecule has 2 N–H and O–H groups in total. The van der Waals surface area contributed by atoms with Crippen molar-refractivity contribution in [2.24, 2.45) is 11.3 Å². The van der Waals surface area contributed by atoms with Gasteiger partial charge in [-0.3, -0.25) is 4.79 Å². The van der Waals surface area contributed by atoms with Crippen molar-refractivity contribution in [3.8, 4) is 0 Å². The lowest BCUT2D eigenvalue weighted by molar-refractivity contribution is -0.130. The van der Waals surface area contributed by atoms with Crippen LogP contribution < -0.4 is 5.32 Å². The molecule has 1 amide bonds. The van der Waals surface area contributed by atoms with Crippen molar-refractivity contribution in [3.05, 3.63) is 47.8 Å². The second kappa shape index (κ2) is 7.19. The van der Waals surface area contributed by atoms with E-state index in [1.54, 1.807) is 0 Å². The maximum Gasteiger partial charge on any atom is 0.226 e. The van der Waals surface area contributed by atoms with Gasteiger partial charge in [-0.05, 0) is 43.6 Å². The van der Waals surface area contributed by atoms with Crippen LogP contribution in [-0.2, 0) is 17.8 Å². The minimum absolute atomic E-state index is 0.160. The highest BCUT2D eigenvalue weighted by Crippen LogP contribution is 2.72. The fourth-order valence-electron chi connectivity index (χ4n) is 4.20. The van der Waals surface area contributed by atoms with Crippen LogP contribution in [0, 0.1) is 11.3 Å². The summed E-state index contributed by atoms with van der Waals surface area (Å²) in [5.74, 6) is 0.592. The summed E-state index contributed by atoms with van der Waals surface area (Å²) >= 11 is 0. The van der Waals surface area contributed by atoms with Crippen LogP contribution >= 0.6 is 0 Å². The number of nitrogens with one attached hydrogen (secondary N) is 1. The van der Waals surface area contributed by atoms with Gasteiger partial charge in [0.05, 0.1) is 17.2 Å². The van der Waals surface area contributed by atoms with E-state index in [1.165, 1.54) is 0 Å². The summed E-state index contributed by atoms with van der Waals surface area (Å²) in [4.78, 5) is 12.6. The number of benzene rings is 1. The number of aryl methyl sites for hydroxylation is 1. The molecule has 0 radical (unpaired) electrons. The lowest BCUT2D eigenvalue weighted by Crippen LogP contribution is -2.41. The maximum absolute atomic E-state index is 12.6. The van der Waals surface area contributed by atoms with E-state index in [9.17, 15) is 4.79 Å². The Balaban J connectivity index is 1.26. The molecule has 0 aliphatic heterocycles. The van der Waals surface area contributed by atoms with E-state index in [0.717, 1.165) is 49.8 Å². The number of aromatic nitrogens is 3. The van der Waals surface area contributed by atoms with Gasteiger partial charge in [0.2, 0.25) is 5.91 Å². The minimum Gasteiger partial charge on any atom is -0.396 e. The maximum atomic E-state index is 12.6. The number of rotatable bonds is 9. The van der Waals surface area contributed by atoms with Crippen molar-refractivity contribution < 1.29 is 9.90 Å². The quantitative estimate of drug-likeness (QED) is 0.677. The van der Waals surface area contributed by atoms with Crippen LogP contribution in [0.15, 0.2) is 36.5 Å². The molecule has 4 rings (SSSR count). The number of amides is 1. The molecule has 3 atom stereocenters. The Kier molecular flexibility index (Phi) is 4.76. The smallest absolute Gasteiger partial charge is 0.226 e. The Morgan fingerprint density at radius 3 is 2.85 bits per heavy atom. The molecule has 1 aromatic heterocycles. The first-order valence-electron chi connectivity index (χ1n) is 9.57. The Morgan fingerprint density at radius 2 is 2.08 bits per heavy atom. The zero-order chi connectivity index (χ0) is 18.0. The summed E-state index contributed by atoms with van der Waals surface area (Å²) in [5.41, 5.74) is 1.98. The lowest BCUT2D eigenvalue weighted by atomic mass is 9.79. The molecule has 0 spiro atoms. The first-order valence-corrected chi connectivity index (χ1v) is 9.57. The molecule has 0 saturated heterocycles. The molecule has 1 heterocycles. The average Bonchev–Trinajstić information content (AvgIpc) is 3.02. The Bertz CT molecular complexity index is 760. The highest BCUT2D eigenvalue weighted by molar-refractivity contribution is 5.87. The fraction of sp³-hybridized carbons (Fsp3) is 0.550. The summed E-state index contributed by atoms with van der Waals surface area (Å²) in [6.07, 6.45) is 7.65. The summed E-state index contributed by atoms with van der Waals surface area (Å²) in [6.45, 7) is 0.852. The standard InChI is InChI=1S/C20H26N4O2/c25-10-6-2-5-9-16-14-24(23-22-16)18-12-20(11-17(18)20)19(26)21-13-15-7-3-1-4-8-15/h1,3-4,7-8,14,17-18,25H,2,5-6,9-13H2,(H,21,26)/t17-,18+,20-/m0/s1. The molecule has 26 heavy (non-hydrogen) atoms. The van der Waals surface area contributed by atoms with Gasteiger partial charge < -0.3 is 10.4 Å². The first-order chi connectivity index (χ1) is 12.7. The minimum atomic E-state index is -0.160. The lowest BCUT2D eigenvalue weighted by Gasteiger charge is -2.33. The molecule has 2 saturated carbocycles. The van der Waals surface area contributed by atoms with Crippen LogP contribution in [0.5, 0.6) is 0 Å². The topological polar surface area (TPSA) is 80.0 Å². The molecule has 138 valence electrons. The zero-order valence-corrected chi connectivity index (χ0v) is 15.0. The van der Waals surface area contributed by atoms with Gasteiger partial charge in [-0.2, -0.15) is 0 Å². The molecular weight excluding hydrogens is 328 g/mol. The monoisotopic (exact) mass is 354 g/mol. The fourth-order valence-corrected chi connectivity index (χ4v) is 4.20. The normalized spacial score (nSPS) is 26.0. The van der Waals surface area contributed by atoms with E-state index in [1.807, 2.05) is 41.2 Å². The predicted octanol–water partition coefficient (Wildman–Crippen LogP) is 2.25. The Hall–Kier alpha value is -2.21. The number of aliphatic hydroxyl groups is 1. The third-order valence-electron chi connectivity index (χ3n) is 5.91. The van der Waals surface area contributed by atoms with Crippen LogP contribution in [0.3, 0.4) is 0 Å². The molecule has 6 heteroatoms. The number of unbranched alkanes of at least 4 members (excludes halogenated alkanes) is 2. The third-order valence-corrected chi connectivity index (χ3v) is 5.91. The Morgan fingerprint density at radius 1 is 1.23 bits per heavy atom. The van der Waals surface area contributed by atoms with E-state index in [2.05, 4.69) is 15.6 Å². The van der Waals surface area contributed by atoms with Crippen LogP contribution in [0.2, 0.25) is 0 Å². The predicted molar refractivity (Wildman–Crippen MR) is 97.1 cm³/mol. The van der Waals surface area contributed by atoms with Gasteiger partial charge in [-0.1, -0.05) is 42.0 Å². The molecule has 0 bridgehead atoms. The second-order valence-corrected chi connectivity index (χ2v) is 7.63. The SMILES string of the molecule is O=C(NCc1ccccc1)[C@@]12C[C@@H](n3cc(CCCCCO)nn3)[C@@H]1C2. The molecule has 6 nitrogen and oxygen atoms in total. The number of carbonyl (C=O) groups is 1. The van der Waals surface area contributed by atoms with Crippen molar-refractivity contribution in [1.29, 1.82) is 0 Å². The molecule has 1 aromatic carbocycles. The van der Waals surface area contributed by atoms with Crippen LogP contribution in [0.4, 0.5) is 0 Å². The summed E-state index contributed by atoms with van der Waals surface area (Å²) in [5, 5.41) is 20.5. The summed E-state index contributed by atoms with van der Waals surface area (Å²) in [7, 11) is 0. The average molecular weight is 354 g/mol. The summed E-state index contributed by atoms with van der Waals surface area (Å²) < 4.78 is 1.96. The second-order valence-electron chi connectivity index (χ2n) is 7.63. The Labute approximate surface area is 153 Å². The van der Waals surface area contributed by atoms with Crippen LogP contribution in [0.1, 0.15) is 49.4 Å². The third kappa shape index (κ3) is 3.26. The number of hydrogen-bond donors (Lipinski definition) is 2. The van der Waals surface area contributed by atoms with Crippen molar-refractivity contribution in [2.75, 3.05) is 6.61 Å². The molecule has 2 aliphatic carbocycles. The molecular formula is C20H26N4O2. The van der Waals surface area contributed by atoms with Crippen molar-refractivity contribution >= 4 is 5.91 Å². The van der Waals surface area contributed by atoms with Crippen molar-refractivity contribution in [1.82, 2.24) is 20.3 Å². The highest BCUT2D eigenvalue weighted by Gasteiger charge is 2.72. The van der Waals surface area contributed by atoms with Gasteiger partial charge in [0, 0.05) is 19.3 Å². The molecule has 2 aromatic rings. The van der Waals surface area contributed by atoms with E-state index < -0.39 is 0 Å². The zero-order valence-electron chi connectivity index (χ0n) is 15.0. The largest absolute Gasteiger partial charge is 0.396 e. The number of hydrogen-bond acceptors (Lipinski definition) is 4. The number of nitrogens with zero attached hydrogens (tertiary/aromatic N) is 3.